The summed E-state index contributed by atoms with van der Waals surface area (Å²) < 4.78 is 0. The second-order valence-electron chi connectivity index (χ2n) is 2.76. The first kappa shape index (κ1) is 9.27. The van der Waals surface area contributed by atoms with Crippen molar-refractivity contribution in [1.29, 1.82) is 0 Å². The van der Waals surface area contributed by atoms with Gasteiger partial charge in [0.2, 0.25) is 5.75 Å². The monoisotopic (exact) mass is 178 g/mol. The number of terminal acetylenes is 1. The first-order valence-electron chi connectivity index (χ1n) is 3.77. The van der Waals surface area contributed by atoms with Gasteiger partial charge in [-0.05, 0) is 13.0 Å². The minimum absolute atomic E-state index is 0.300. The summed E-state index contributed by atoms with van der Waals surface area (Å²) in [5, 5.41) is 27.6. The van der Waals surface area contributed by atoms with Gasteiger partial charge in [0.05, 0.1) is 0 Å². The average Bonchev–Trinajstić information content (AvgIpc) is 2.13. The molecular weight excluding hydrogens is 168 g/mol. The zero-order valence-corrected chi connectivity index (χ0v) is 7.15. The van der Waals surface area contributed by atoms with Gasteiger partial charge in [-0.25, -0.2) is 0 Å². The highest BCUT2D eigenvalue weighted by Crippen LogP contribution is 2.39. The van der Waals surface area contributed by atoms with Gasteiger partial charge in [-0.3, -0.25) is 0 Å². The number of benzene rings is 1. The van der Waals surface area contributed by atoms with Crippen LogP contribution in [0.3, 0.4) is 0 Å². The largest absolute Gasteiger partial charge is 0.504 e. The fraction of sp³-hybridized carbons (Fsp3) is 0.200. The molecule has 0 fully saturated rings. The van der Waals surface area contributed by atoms with E-state index >= 15 is 0 Å². The van der Waals surface area contributed by atoms with Crippen molar-refractivity contribution < 1.29 is 15.3 Å². The van der Waals surface area contributed by atoms with Crippen LogP contribution in [0.2, 0.25) is 0 Å². The summed E-state index contributed by atoms with van der Waals surface area (Å²) in [5.74, 6) is 0.876. The van der Waals surface area contributed by atoms with Crippen molar-refractivity contribution >= 4 is 0 Å². The van der Waals surface area contributed by atoms with Crippen LogP contribution >= 0.6 is 0 Å². The molecule has 1 aromatic carbocycles. The molecule has 0 bridgehead atoms. The number of hydrogen-bond donors (Lipinski definition) is 3. The van der Waals surface area contributed by atoms with E-state index in [0.717, 1.165) is 0 Å². The number of aromatic hydroxyl groups is 3. The summed E-state index contributed by atoms with van der Waals surface area (Å²) in [6.07, 6.45) is 5.16. The van der Waals surface area contributed by atoms with Gasteiger partial charge in [-0.15, -0.1) is 6.42 Å². The highest BCUT2D eigenvalue weighted by molar-refractivity contribution is 5.55. The van der Waals surface area contributed by atoms with Gasteiger partial charge in [0.15, 0.2) is 11.5 Å². The normalized spacial score (nSPS) is 12.0. The van der Waals surface area contributed by atoms with Gasteiger partial charge in [0.1, 0.15) is 0 Å². The Labute approximate surface area is 76.3 Å². The highest BCUT2D eigenvalue weighted by Gasteiger charge is 2.14. The Morgan fingerprint density at radius 2 is 1.85 bits per heavy atom. The van der Waals surface area contributed by atoms with Crippen LogP contribution in [0.25, 0.3) is 0 Å². The number of phenols is 3. The molecule has 3 N–H and O–H groups in total. The van der Waals surface area contributed by atoms with E-state index in [0.29, 0.717) is 5.56 Å². The van der Waals surface area contributed by atoms with Crippen molar-refractivity contribution in [3.05, 3.63) is 17.7 Å². The molecule has 68 valence electrons. The smallest absolute Gasteiger partial charge is 0.200 e. The molecule has 0 saturated carbocycles. The maximum Gasteiger partial charge on any atom is 0.200 e. The summed E-state index contributed by atoms with van der Waals surface area (Å²) in [7, 11) is 0. The molecule has 1 atom stereocenters. The van der Waals surface area contributed by atoms with Crippen LogP contribution in [-0.4, -0.2) is 15.3 Å². The van der Waals surface area contributed by atoms with Crippen LogP contribution in [0, 0.1) is 12.3 Å². The average molecular weight is 178 g/mol. The summed E-state index contributed by atoms with van der Waals surface area (Å²) in [6, 6.07) is 2.77. The van der Waals surface area contributed by atoms with E-state index in [9.17, 15) is 5.11 Å². The molecule has 0 amide bonds. The second-order valence-corrected chi connectivity index (χ2v) is 2.76. The lowest BCUT2D eigenvalue weighted by Crippen LogP contribution is -1.90. The predicted molar refractivity (Wildman–Crippen MR) is 48.7 cm³/mol. The summed E-state index contributed by atoms with van der Waals surface area (Å²) in [6.45, 7) is 1.71. The molecule has 1 rings (SSSR count). The maximum absolute atomic E-state index is 9.37. The van der Waals surface area contributed by atoms with Crippen molar-refractivity contribution in [3.8, 4) is 29.6 Å². The molecular formula is C10H10O3. The summed E-state index contributed by atoms with van der Waals surface area (Å²) in [5.41, 5.74) is 0.429. The molecule has 3 heteroatoms. The van der Waals surface area contributed by atoms with E-state index in [1.807, 2.05) is 0 Å². The van der Waals surface area contributed by atoms with Crippen molar-refractivity contribution in [2.24, 2.45) is 0 Å². The molecule has 0 aliphatic heterocycles. The Kier molecular flexibility index (Phi) is 2.34. The lowest BCUT2D eigenvalue weighted by Gasteiger charge is -2.09. The lowest BCUT2D eigenvalue weighted by atomic mass is 10.0. The number of hydrogen-bond acceptors (Lipinski definition) is 3. The quantitative estimate of drug-likeness (QED) is 0.451. The third-order valence-electron chi connectivity index (χ3n) is 1.88. The van der Waals surface area contributed by atoms with Gasteiger partial charge in [0, 0.05) is 11.5 Å². The minimum atomic E-state index is -0.528. The SMILES string of the molecule is C#CC(C)c1ccc(O)c(O)c1O. The van der Waals surface area contributed by atoms with Gasteiger partial charge in [-0.1, -0.05) is 12.0 Å². The first-order valence-corrected chi connectivity index (χ1v) is 3.77. The molecule has 1 aromatic rings. The Hall–Kier alpha value is -1.82. The topological polar surface area (TPSA) is 60.7 Å². The molecule has 13 heavy (non-hydrogen) atoms. The lowest BCUT2D eigenvalue weighted by molar-refractivity contribution is 0.364. The molecule has 0 spiro atoms. The van der Waals surface area contributed by atoms with Crippen molar-refractivity contribution in [1.82, 2.24) is 0 Å². The van der Waals surface area contributed by atoms with E-state index in [1.54, 1.807) is 6.92 Å². The second kappa shape index (κ2) is 3.28. The Morgan fingerprint density at radius 1 is 1.23 bits per heavy atom. The molecule has 1 unspecified atom stereocenters. The zero-order valence-electron chi connectivity index (χ0n) is 7.15. The fourth-order valence-corrected chi connectivity index (χ4v) is 1.02. The molecule has 0 saturated heterocycles. The van der Waals surface area contributed by atoms with Gasteiger partial charge in [0.25, 0.3) is 0 Å². The summed E-state index contributed by atoms with van der Waals surface area (Å²) in [4.78, 5) is 0. The van der Waals surface area contributed by atoms with E-state index in [-0.39, 0.29) is 17.4 Å². The van der Waals surface area contributed by atoms with Crippen LogP contribution in [0.1, 0.15) is 18.4 Å². The van der Waals surface area contributed by atoms with Gasteiger partial charge >= 0.3 is 0 Å². The molecule has 0 aliphatic carbocycles. The van der Waals surface area contributed by atoms with Crippen molar-refractivity contribution in [2.45, 2.75) is 12.8 Å². The van der Waals surface area contributed by atoms with Crippen LogP contribution in [-0.2, 0) is 0 Å². The first-order chi connectivity index (χ1) is 6.07. The maximum atomic E-state index is 9.37. The van der Waals surface area contributed by atoms with E-state index in [2.05, 4.69) is 5.92 Å². The molecule has 0 aromatic heterocycles. The Morgan fingerprint density at radius 3 is 2.38 bits per heavy atom. The molecule has 0 aliphatic rings. The third-order valence-corrected chi connectivity index (χ3v) is 1.88. The van der Waals surface area contributed by atoms with Crippen LogP contribution in [0.5, 0.6) is 17.2 Å². The third kappa shape index (κ3) is 1.52. The molecule has 0 radical (unpaired) electrons. The molecule has 3 nitrogen and oxygen atoms in total. The van der Waals surface area contributed by atoms with Gasteiger partial charge in [-0.2, -0.15) is 0 Å². The predicted octanol–water partition coefficient (Wildman–Crippen LogP) is 1.54. The Bertz CT molecular complexity index is 363. The molecule has 0 heterocycles. The van der Waals surface area contributed by atoms with E-state index < -0.39 is 5.75 Å². The van der Waals surface area contributed by atoms with Crippen molar-refractivity contribution in [2.75, 3.05) is 0 Å². The van der Waals surface area contributed by atoms with E-state index in [4.69, 9.17) is 16.6 Å². The van der Waals surface area contributed by atoms with Gasteiger partial charge < -0.3 is 15.3 Å². The standard InChI is InChI=1S/C10H10O3/c1-3-6(2)7-4-5-8(11)10(13)9(7)12/h1,4-6,11-13H,2H3. The number of rotatable bonds is 1. The number of phenolic OH excluding ortho intramolecular Hbond substituents is 3. The highest BCUT2D eigenvalue weighted by atomic mass is 16.3. The van der Waals surface area contributed by atoms with Crippen LogP contribution < -0.4 is 0 Å². The van der Waals surface area contributed by atoms with Crippen LogP contribution in [0.4, 0.5) is 0 Å². The van der Waals surface area contributed by atoms with E-state index in [1.165, 1.54) is 12.1 Å². The Balaban J connectivity index is 3.28. The van der Waals surface area contributed by atoms with Crippen LogP contribution in [0.15, 0.2) is 12.1 Å². The summed E-state index contributed by atoms with van der Waals surface area (Å²) >= 11 is 0. The fourth-order valence-electron chi connectivity index (χ4n) is 1.02. The van der Waals surface area contributed by atoms with Crippen molar-refractivity contribution in [3.63, 3.8) is 0 Å². The minimum Gasteiger partial charge on any atom is -0.504 e. The zero-order chi connectivity index (χ0) is 10.0.